The van der Waals surface area contributed by atoms with E-state index in [4.69, 9.17) is 4.74 Å². The van der Waals surface area contributed by atoms with E-state index in [0.29, 0.717) is 12.2 Å². The number of halogens is 1. The fraction of sp³-hybridized carbons (Fsp3) is 0.0741. The summed E-state index contributed by atoms with van der Waals surface area (Å²) in [7, 11) is 0. The number of ether oxygens (including phenoxy) is 1. The molecule has 0 aliphatic carbocycles. The lowest BCUT2D eigenvalue weighted by molar-refractivity contribution is 0.304. The summed E-state index contributed by atoms with van der Waals surface area (Å²) in [6.45, 7) is 2.58. The molecule has 4 aromatic carbocycles. The number of allylic oxidation sites excluding steroid dienone is 1. The van der Waals surface area contributed by atoms with Crippen molar-refractivity contribution in [3.05, 3.63) is 112 Å². The van der Waals surface area contributed by atoms with Crippen LogP contribution in [-0.2, 0) is 6.61 Å². The molecule has 0 fully saturated rings. The zero-order valence-corrected chi connectivity index (χ0v) is 18.2. The molecule has 4 rings (SSSR count). The van der Waals surface area contributed by atoms with Crippen molar-refractivity contribution in [3.8, 4) is 11.8 Å². The molecule has 0 aromatic heterocycles. The number of fused-ring (bicyclic) bond motifs is 1. The summed E-state index contributed by atoms with van der Waals surface area (Å²) in [5, 5.41) is 12.0. The first-order valence-corrected chi connectivity index (χ1v) is 10.5. The summed E-state index contributed by atoms with van der Waals surface area (Å²) < 4.78 is 6.83. The first-order chi connectivity index (χ1) is 14.6. The lowest BCUT2D eigenvalue weighted by Crippen LogP contribution is -1.96. The Balaban J connectivity index is 1.56. The van der Waals surface area contributed by atoms with Crippen molar-refractivity contribution in [2.24, 2.45) is 0 Å². The predicted molar refractivity (Wildman–Crippen MR) is 127 cm³/mol. The SMILES string of the molecule is Cc1cccc(COc2ccc(/C=C(/C#N)c3ccc4ccccc4c3)cc2Br)c1. The monoisotopic (exact) mass is 453 g/mol. The van der Waals surface area contributed by atoms with Gasteiger partial charge in [-0.25, -0.2) is 0 Å². The van der Waals surface area contributed by atoms with E-state index in [0.717, 1.165) is 37.7 Å². The van der Waals surface area contributed by atoms with Gasteiger partial charge in [0.2, 0.25) is 0 Å². The highest BCUT2D eigenvalue weighted by molar-refractivity contribution is 9.10. The highest BCUT2D eigenvalue weighted by Crippen LogP contribution is 2.29. The highest BCUT2D eigenvalue weighted by atomic mass is 79.9. The molecule has 0 atom stereocenters. The number of hydrogen-bond acceptors (Lipinski definition) is 2. The van der Waals surface area contributed by atoms with Gasteiger partial charge < -0.3 is 4.74 Å². The van der Waals surface area contributed by atoms with E-state index in [-0.39, 0.29) is 0 Å². The van der Waals surface area contributed by atoms with Gasteiger partial charge in [-0.15, -0.1) is 0 Å². The molecule has 0 saturated heterocycles. The molecule has 0 unspecified atom stereocenters. The standard InChI is InChI=1S/C27H20BrNO/c1-19-5-4-6-21(13-19)18-30-27-12-9-20(15-26(27)28)14-25(17-29)24-11-10-22-7-2-3-8-23(22)16-24/h2-16H,18H2,1H3/b25-14-. The van der Waals surface area contributed by atoms with E-state index in [1.54, 1.807) is 0 Å². The van der Waals surface area contributed by atoms with Crippen molar-refractivity contribution in [3.63, 3.8) is 0 Å². The maximum atomic E-state index is 9.71. The molecule has 3 heteroatoms. The molecule has 0 heterocycles. The number of nitrogens with zero attached hydrogens (tertiary/aromatic N) is 1. The fourth-order valence-corrected chi connectivity index (χ4v) is 3.90. The van der Waals surface area contributed by atoms with Crippen molar-refractivity contribution in [2.45, 2.75) is 13.5 Å². The molecule has 0 radical (unpaired) electrons. The molecule has 2 nitrogen and oxygen atoms in total. The van der Waals surface area contributed by atoms with Crippen LogP contribution in [-0.4, -0.2) is 0 Å². The smallest absolute Gasteiger partial charge is 0.134 e. The second kappa shape index (κ2) is 8.98. The molecule has 0 saturated carbocycles. The molecule has 0 N–H and O–H groups in total. The van der Waals surface area contributed by atoms with Crippen molar-refractivity contribution in [2.75, 3.05) is 0 Å². The zero-order chi connectivity index (χ0) is 20.9. The summed E-state index contributed by atoms with van der Waals surface area (Å²) in [4.78, 5) is 0. The van der Waals surface area contributed by atoms with Crippen LogP contribution in [0.3, 0.4) is 0 Å². The van der Waals surface area contributed by atoms with Crippen molar-refractivity contribution in [1.29, 1.82) is 5.26 Å². The van der Waals surface area contributed by atoms with Crippen molar-refractivity contribution < 1.29 is 4.74 Å². The Kier molecular flexibility index (Phi) is 5.97. The summed E-state index contributed by atoms with van der Waals surface area (Å²) in [5.74, 6) is 0.776. The summed E-state index contributed by atoms with van der Waals surface area (Å²) in [5.41, 5.74) is 4.82. The minimum absolute atomic E-state index is 0.510. The van der Waals surface area contributed by atoms with Gasteiger partial charge in [0.25, 0.3) is 0 Å². The number of nitriles is 1. The number of hydrogen-bond donors (Lipinski definition) is 0. The normalized spacial score (nSPS) is 11.3. The van der Waals surface area contributed by atoms with E-state index in [1.807, 2.05) is 54.6 Å². The van der Waals surface area contributed by atoms with E-state index < -0.39 is 0 Å². The Labute approximate surface area is 185 Å². The van der Waals surface area contributed by atoms with Crippen LogP contribution >= 0.6 is 15.9 Å². The molecular weight excluding hydrogens is 434 g/mol. The largest absolute Gasteiger partial charge is 0.488 e. The molecule has 0 amide bonds. The molecule has 0 aliphatic rings. The molecule has 0 aliphatic heterocycles. The first-order valence-electron chi connectivity index (χ1n) is 9.71. The van der Waals surface area contributed by atoms with Crippen LogP contribution in [0.2, 0.25) is 0 Å². The Morgan fingerprint density at radius 2 is 1.77 bits per heavy atom. The molecule has 30 heavy (non-hydrogen) atoms. The number of rotatable bonds is 5. The third-order valence-corrected chi connectivity index (χ3v) is 5.54. The maximum absolute atomic E-state index is 9.71. The van der Waals surface area contributed by atoms with E-state index in [2.05, 4.69) is 65.3 Å². The summed E-state index contributed by atoms with van der Waals surface area (Å²) in [6.07, 6.45) is 1.90. The van der Waals surface area contributed by atoms with Gasteiger partial charge in [0, 0.05) is 0 Å². The minimum atomic E-state index is 0.510. The molecule has 0 spiro atoms. The highest BCUT2D eigenvalue weighted by Gasteiger charge is 2.06. The summed E-state index contributed by atoms with van der Waals surface area (Å²) in [6, 6.07) is 30.7. The maximum Gasteiger partial charge on any atom is 0.134 e. The lowest BCUT2D eigenvalue weighted by atomic mass is 10.0. The van der Waals surface area contributed by atoms with Crippen LogP contribution < -0.4 is 4.74 Å². The molecule has 0 bridgehead atoms. The Hall–Kier alpha value is -3.35. The lowest BCUT2D eigenvalue weighted by Gasteiger charge is -2.10. The molecule has 4 aromatic rings. The average molecular weight is 454 g/mol. The molecular formula is C27H20BrNO. The van der Waals surface area contributed by atoms with E-state index in [1.165, 1.54) is 5.56 Å². The number of aryl methyl sites for hydroxylation is 1. The second-order valence-corrected chi connectivity index (χ2v) is 8.05. The Morgan fingerprint density at radius 1 is 0.933 bits per heavy atom. The van der Waals surface area contributed by atoms with Gasteiger partial charge in [-0.3, -0.25) is 0 Å². The van der Waals surface area contributed by atoms with Crippen LogP contribution in [0.4, 0.5) is 0 Å². The summed E-state index contributed by atoms with van der Waals surface area (Å²) >= 11 is 3.60. The van der Waals surface area contributed by atoms with Crippen LogP contribution in [0.5, 0.6) is 5.75 Å². The van der Waals surface area contributed by atoms with Gasteiger partial charge in [0.1, 0.15) is 12.4 Å². The zero-order valence-electron chi connectivity index (χ0n) is 16.6. The van der Waals surface area contributed by atoms with Crippen LogP contribution in [0.15, 0.2) is 89.4 Å². The van der Waals surface area contributed by atoms with Crippen LogP contribution in [0.25, 0.3) is 22.4 Å². The van der Waals surface area contributed by atoms with Crippen molar-refractivity contribution in [1.82, 2.24) is 0 Å². The fourth-order valence-electron chi connectivity index (χ4n) is 3.39. The van der Waals surface area contributed by atoms with E-state index >= 15 is 0 Å². The minimum Gasteiger partial charge on any atom is -0.488 e. The quantitative estimate of drug-likeness (QED) is 0.230. The van der Waals surface area contributed by atoms with Gasteiger partial charge in [-0.2, -0.15) is 5.26 Å². The van der Waals surface area contributed by atoms with Crippen LogP contribution in [0, 0.1) is 18.3 Å². The van der Waals surface area contributed by atoms with Gasteiger partial charge in [-0.1, -0.05) is 72.3 Å². The van der Waals surface area contributed by atoms with Crippen molar-refractivity contribution >= 4 is 38.4 Å². The first kappa shape index (κ1) is 19.9. The second-order valence-electron chi connectivity index (χ2n) is 7.20. The molecule has 146 valence electrons. The number of benzene rings is 4. The van der Waals surface area contributed by atoms with Gasteiger partial charge >= 0.3 is 0 Å². The van der Waals surface area contributed by atoms with Gasteiger partial charge in [0.05, 0.1) is 16.1 Å². The third kappa shape index (κ3) is 4.62. The Morgan fingerprint density at radius 3 is 2.53 bits per heavy atom. The predicted octanol–water partition coefficient (Wildman–Crippen LogP) is 7.55. The Bertz CT molecular complexity index is 1280. The topological polar surface area (TPSA) is 33.0 Å². The van der Waals surface area contributed by atoms with Gasteiger partial charge in [-0.05, 0) is 74.6 Å². The van der Waals surface area contributed by atoms with Gasteiger partial charge in [0.15, 0.2) is 0 Å². The van der Waals surface area contributed by atoms with Crippen LogP contribution in [0.1, 0.15) is 22.3 Å². The average Bonchev–Trinajstić information content (AvgIpc) is 2.76. The van der Waals surface area contributed by atoms with E-state index in [9.17, 15) is 5.26 Å². The third-order valence-electron chi connectivity index (χ3n) is 4.92.